The summed E-state index contributed by atoms with van der Waals surface area (Å²) in [5.41, 5.74) is 1.44. The minimum atomic E-state index is 0.492. The molecule has 90 valence electrons. The minimum Gasteiger partial charge on any atom is -0.381 e. The molecule has 2 nitrogen and oxygen atoms in total. The Morgan fingerprint density at radius 3 is 3.19 bits per heavy atom. The summed E-state index contributed by atoms with van der Waals surface area (Å²) < 4.78 is 5.60. The summed E-state index contributed by atoms with van der Waals surface area (Å²) in [7, 11) is 0. The van der Waals surface area contributed by atoms with Crippen LogP contribution in [0.1, 0.15) is 37.8 Å². The van der Waals surface area contributed by atoms with Crippen LogP contribution in [-0.2, 0) is 4.74 Å². The zero-order chi connectivity index (χ0) is 11.2. The molecule has 1 fully saturated rings. The first-order valence-electron chi connectivity index (χ1n) is 6.25. The molecule has 0 spiro atoms. The largest absolute Gasteiger partial charge is 0.381 e. The van der Waals surface area contributed by atoms with E-state index in [-0.39, 0.29) is 0 Å². The van der Waals surface area contributed by atoms with E-state index in [0.717, 1.165) is 19.8 Å². The topological polar surface area (TPSA) is 21.3 Å². The van der Waals surface area contributed by atoms with Crippen molar-refractivity contribution in [3.8, 4) is 0 Å². The molecule has 1 N–H and O–H groups in total. The van der Waals surface area contributed by atoms with E-state index in [1.54, 1.807) is 11.3 Å². The van der Waals surface area contributed by atoms with Gasteiger partial charge < -0.3 is 10.1 Å². The molecule has 1 aliphatic rings. The lowest BCUT2D eigenvalue weighted by molar-refractivity contribution is 0.0391. The summed E-state index contributed by atoms with van der Waals surface area (Å²) in [5, 5.41) is 8.10. The van der Waals surface area contributed by atoms with Gasteiger partial charge in [-0.1, -0.05) is 6.92 Å². The van der Waals surface area contributed by atoms with Gasteiger partial charge in [-0.25, -0.2) is 0 Å². The first-order valence-corrected chi connectivity index (χ1v) is 7.19. The van der Waals surface area contributed by atoms with Gasteiger partial charge >= 0.3 is 0 Å². The molecule has 1 aromatic rings. The molecule has 0 aromatic carbocycles. The Balaban J connectivity index is 2.01. The van der Waals surface area contributed by atoms with E-state index in [2.05, 4.69) is 29.1 Å². The summed E-state index contributed by atoms with van der Waals surface area (Å²) in [6.45, 7) is 5.17. The van der Waals surface area contributed by atoms with Crippen LogP contribution >= 0.6 is 11.3 Å². The third-order valence-corrected chi connectivity index (χ3v) is 3.88. The van der Waals surface area contributed by atoms with Crippen LogP contribution in [-0.4, -0.2) is 19.8 Å². The molecule has 0 aliphatic carbocycles. The van der Waals surface area contributed by atoms with Crippen LogP contribution in [0.15, 0.2) is 16.8 Å². The predicted molar refractivity (Wildman–Crippen MR) is 68.9 cm³/mol. The normalized spacial score (nSPS) is 23.2. The summed E-state index contributed by atoms with van der Waals surface area (Å²) >= 11 is 1.78. The maximum atomic E-state index is 5.60. The number of nitrogens with one attached hydrogen (secondary N) is 1. The summed E-state index contributed by atoms with van der Waals surface area (Å²) in [6.07, 6.45) is 3.69. The maximum Gasteiger partial charge on any atom is 0.0512 e. The number of ether oxygens (including phenoxy) is 1. The monoisotopic (exact) mass is 239 g/mol. The fourth-order valence-electron chi connectivity index (χ4n) is 2.34. The molecular weight excluding hydrogens is 218 g/mol. The predicted octanol–water partition coefficient (Wildman–Crippen LogP) is 3.22. The molecule has 1 aromatic heterocycles. The molecule has 16 heavy (non-hydrogen) atoms. The van der Waals surface area contributed by atoms with Gasteiger partial charge in [-0.2, -0.15) is 11.3 Å². The van der Waals surface area contributed by atoms with Crippen molar-refractivity contribution in [1.29, 1.82) is 0 Å². The molecule has 0 saturated carbocycles. The summed E-state index contributed by atoms with van der Waals surface area (Å²) in [6, 6.07) is 2.73. The van der Waals surface area contributed by atoms with Gasteiger partial charge in [0.15, 0.2) is 0 Å². The van der Waals surface area contributed by atoms with E-state index in [9.17, 15) is 0 Å². The van der Waals surface area contributed by atoms with Crippen LogP contribution in [0, 0.1) is 5.92 Å². The van der Waals surface area contributed by atoms with Crippen LogP contribution in [0.4, 0.5) is 0 Å². The Hall–Kier alpha value is -0.380. The number of thiophene rings is 1. The van der Waals surface area contributed by atoms with Crippen molar-refractivity contribution in [1.82, 2.24) is 5.32 Å². The molecule has 0 radical (unpaired) electrons. The fourth-order valence-corrected chi connectivity index (χ4v) is 3.03. The van der Waals surface area contributed by atoms with Crippen molar-refractivity contribution in [3.63, 3.8) is 0 Å². The van der Waals surface area contributed by atoms with E-state index in [4.69, 9.17) is 4.74 Å². The van der Waals surface area contributed by atoms with E-state index in [1.807, 2.05) is 0 Å². The van der Waals surface area contributed by atoms with Crippen LogP contribution < -0.4 is 5.32 Å². The van der Waals surface area contributed by atoms with Gasteiger partial charge in [0.25, 0.3) is 0 Å². The van der Waals surface area contributed by atoms with Gasteiger partial charge in [0, 0.05) is 18.6 Å². The highest BCUT2D eigenvalue weighted by molar-refractivity contribution is 7.07. The minimum absolute atomic E-state index is 0.492. The van der Waals surface area contributed by atoms with Crippen molar-refractivity contribution in [3.05, 3.63) is 22.4 Å². The standard InChI is InChI=1S/C13H21NOS/c1-2-6-14-13(12-5-8-16-10-12)11-4-3-7-15-9-11/h5,8,10-11,13-14H,2-4,6-7,9H2,1H3. The molecule has 1 saturated heterocycles. The molecule has 2 unspecified atom stereocenters. The summed E-state index contributed by atoms with van der Waals surface area (Å²) in [4.78, 5) is 0. The second-order valence-corrected chi connectivity index (χ2v) is 5.25. The highest BCUT2D eigenvalue weighted by Crippen LogP contribution is 2.29. The molecule has 3 heteroatoms. The lowest BCUT2D eigenvalue weighted by atomic mass is 9.90. The van der Waals surface area contributed by atoms with E-state index in [0.29, 0.717) is 12.0 Å². The Morgan fingerprint density at radius 2 is 2.56 bits per heavy atom. The van der Waals surface area contributed by atoms with Crippen LogP contribution in [0.5, 0.6) is 0 Å². The van der Waals surface area contributed by atoms with Gasteiger partial charge in [-0.15, -0.1) is 0 Å². The fraction of sp³-hybridized carbons (Fsp3) is 0.692. The number of rotatable bonds is 5. The highest BCUT2D eigenvalue weighted by atomic mass is 32.1. The lowest BCUT2D eigenvalue weighted by Gasteiger charge is -2.30. The Bertz CT molecular complexity index is 280. The lowest BCUT2D eigenvalue weighted by Crippen LogP contribution is -2.33. The molecule has 2 heterocycles. The van der Waals surface area contributed by atoms with Crippen molar-refractivity contribution in [2.75, 3.05) is 19.8 Å². The van der Waals surface area contributed by atoms with E-state index >= 15 is 0 Å². The molecular formula is C13H21NOS. The molecule has 1 aliphatic heterocycles. The molecule has 0 bridgehead atoms. The van der Waals surface area contributed by atoms with Crippen molar-refractivity contribution < 1.29 is 4.74 Å². The first kappa shape index (κ1) is 12.1. The molecule has 2 rings (SSSR count). The quantitative estimate of drug-likeness (QED) is 0.852. The highest BCUT2D eigenvalue weighted by Gasteiger charge is 2.25. The number of hydrogen-bond acceptors (Lipinski definition) is 3. The second-order valence-electron chi connectivity index (χ2n) is 4.47. The zero-order valence-corrected chi connectivity index (χ0v) is 10.8. The maximum absolute atomic E-state index is 5.60. The Labute approximate surface area is 102 Å². The third kappa shape index (κ3) is 3.06. The second kappa shape index (κ2) is 6.38. The molecule has 0 amide bonds. The van der Waals surface area contributed by atoms with E-state index in [1.165, 1.54) is 24.8 Å². The van der Waals surface area contributed by atoms with Crippen molar-refractivity contribution in [2.24, 2.45) is 5.92 Å². The Morgan fingerprint density at radius 1 is 1.62 bits per heavy atom. The van der Waals surface area contributed by atoms with Crippen LogP contribution in [0.3, 0.4) is 0 Å². The van der Waals surface area contributed by atoms with Crippen molar-refractivity contribution in [2.45, 2.75) is 32.2 Å². The number of hydrogen-bond donors (Lipinski definition) is 1. The first-order chi connectivity index (χ1) is 7.92. The smallest absolute Gasteiger partial charge is 0.0512 e. The van der Waals surface area contributed by atoms with E-state index < -0.39 is 0 Å². The van der Waals surface area contributed by atoms with Gasteiger partial charge in [-0.05, 0) is 48.2 Å². The zero-order valence-electron chi connectivity index (χ0n) is 9.95. The SMILES string of the molecule is CCCNC(c1ccsc1)C1CCCOC1. The average molecular weight is 239 g/mol. The van der Waals surface area contributed by atoms with Gasteiger partial charge in [-0.3, -0.25) is 0 Å². The van der Waals surface area contributed by atoms with Gasteiger partial charge in [0.2, 0.25) is 0 Å². The van der Waals surface area contributed by atoms with Gasteiger partial charge in [0.05, 0.1) is 6.61 Å². The van der Waals surface area contributed by atoms with Crippen LogP contribution in [0.2, 0.25) is 0 Å². The third-order valence-electron chi connectivity index (χ3n) is 3.18. The van der Waals surface area contributed by atoms with Crippen molar-refractivity contribution >= 4 is 11.3 Å². The Kier molecular flexibility index (Phi) is 4.82. The molecule has 2 atom stereocenters. The van der Waals surface area contributed by atoms with Crippen LogP contribution in [0.25, 0.3) is 0 Å². The average Bonchev–Trinajstić information content (AvgIpc) is 2.85. The summed E-state index contributed by atoms with van der Waals surface area (Å²) in [5.74, 6) is 0.648. The van der Waals surface area contributed by atoms with Gasteiger partial charge in [0.1, 0.15) is 0 Å².